The van der Waals surface area contributed by atoms with Crippen molar-refractivity contribution in [3.05, 3.63) is 23.9 Å². The number of nitrogens with zero attached hydrogens (tertiary/aromatic N) is 1. The molecule has 0 amide bonds. The Balaban J connectivity index is 2.03. The standard InChI is InChI=1S/C13H17NO3/c1-16-13-11(3-2-6-14-13)12(15)9-10-4-7-17-8-5-10/h2-3,6,10H,4-5,7-9H2,1H3. The molecule has 0 spiro atoms. The molecule has 0 radical (unpaired) electrons. The summed E-state index contributed by atoms with van der Waals surface area (Å²) in [6.45, 7) is 1.53. The van der Waals surface area contributed by atoms with Gasteiger partial charge in [0.2, 0.25) is 5.88 Å². The number of hydrogen-bond acceptors (Lipinski definition) is 4. The zero-order chi connectivity index (χ0) is 12.1. The Hall–Kier alpha value is -1.42. The van der Waals surface area contributed by atoms with Gasteiger partial charge in [0.25, 0.3) is 0 Å². The first-order chi connectivity index (χ1) is 8.31. The van der Waals surface area contributed by atoms with E-state index in [0.717, 1.165) is 26.1 Å². The first kappa shape index (κ1) is 12.0. The average molecular weight is 235 g/mol. The molecule has 0 unspecified atom stereocenters. The number of ketones is 1. The van der Waals surface area contributed by atoms with Crippen molar-refractivity contribution in [2.45, 2.75) is 19.3 Å². The number of Topliss-reactive ketones (excluding diaryl/α,β-unsaturated/α-hetero) is 1. The Kier molecular flexibility index (Phi) is 4.09. The number of hydrogen-bond donors (Lipinski definition) is 0. The Morgan fingerprint density at radius 3 is 3.00 bits per heavy atom. The fourth-order valence-corrected chi connectivity index (χ4v) is 2.09. The van der Waals surface area contributed by atoms with Crippen molar-refractivity contribution in [3.63, 3.8) is 0 Å². The molecule has 0 bridgehead atoms. The van der Waals surface area contributed by atoms with Crippen molar-refractivity contribution in [1.29, 1.82) is 0 Å². The average Bonchev–Trinajstić information content (AvgIpc) is 2.40. The van der Waals surface area contributed by atoms with Crippen LogP contribution in [0, 0.1) is 5.92 Å². The number of pyridine rings is 1. The van der Waals surface area contributed by atoms with Crippen LogP contribution in [0.3, 0.4) is 0 Å². The molecule has 1 saturated heterocycles. The fraction of sp³-hybridized carbons (Fsp3) is 0.538. The van der Waals surface area contributed by atoms with Crippen molar-refractivity contribution >= 4 is 5.78 Å². The second-order valence-corrected chi connectivity index (χ2v) is 4.24. The van der Waals surface area contributed by atoms with Gasteiger partial charge < -0.3 is 9.47 Å². The minimum Gasteiger partial charge on any atom is -0.480 e. The molecule has 0 atom stereocenters. The molecule has 0 N–H and O–H groups in total. The van der Waals surface area contributed by atoms with E-state index < -0.39 is 0 Å². The highest BCUT2D eigenvalue weighted by atomic mass is 16.5. The summed E-state index contributed by atoms with van der Waals surface area (Å²) in [5.41, 5.74) is 0.585. The zero-order valence-corrected chi connectivity index (χ0v) is 10.0. The normalized spacial score (nSPS) is 16.8. The summed E-state index contributed by atoms with van der Waals surface area (Å²) in [5.74, 6) is 0.965. The van der Waals surface area contributed by atoms with E-state index in [0.29, 0.717) is 23.8 Å². The van der Waals surface area contributed by atoms with Crippen LogP contribution in [0.5, 0.6) is 5.88 Å². The first-order valence-electron chi connectivity index (χ1n) is 5.91. The van der Waals surface area contributed by atoms with Gasteiger partial charge >= 0.3 is 0 Å². The quantitative estimate of drug-likeness (QED) is 0.750. The molecule has 2 rings (SSSR count). The van der Waals surface area contributed by atoms with Gasteiger partial charge in [0.1, 0.15) is 0 Å². The molecule has 4 heteroatoms. The smallest absolute Gasteiger partial charge is 0.224 e. The summed E-state index contributed by atoms with van der Waals surface area (Å²) < 4.78 is 10.4. The Bertz CT molecular complexity index is 386. The molecular weight excluding hydrogens is 218 g/mol. The molecule has 0 saturated carbocycles. The maximum absolute atomic E-state index is 12.1. The maximum Gasteiger partial charge on any atom is 0.224 e. The van der Waals surface area contributed by atoms with E-state index in [4.69, 9.17) is 9.47 Å². The van der Waals surface area contributed by atoms with Crippen LogP contribution in [-0.2, 0) is 4.74 Å². The van der Waals surface area contributed by atoms with Crippen LogP contribution in [-0.4, -0.2) is 31.1 Å². The molecule has 0 aromatic carbocycles. The van der Waals surface area contributed by atoms with Crippen LogP contribution < -0.4 is 4.74 Å². The van der Waals surface area contributed by atoms with E-state index in [9.17, 15) is 4.79 Å². The lowest BCUT2D eigenvalue weighted by atomic mass is 9.92. The van der Waals surface area contributed by atoms with Crippen LogP contribution in [0.25, 0.3) is 0 Å². The topological polar surface area (TPSA) is 48.4 Å². The summed E-state index contributed by atoms with van der Waals surface area (Å²) in [5, 5.41) is 0. The van der Waals surface area contributed by atoms with Gasteiger partial charge in [-0.25, -0.2) is 4.98 Å². The van der Waals surface area contributed by atoms with Crippen LogP contribution in [0.4, 0.5) is 0 Å². The van der Waals surface area contributed by atoms with Crippen molar-refractivity contribution in [2.75, 3.05) is 20.3 Å². The first-order valence-corrected chi connectivity index (χ1v) is 5.91. The summed E-state index contributed by atoms with van der Waals surface area (Å²) in [7, 11) is 1.54. The monoisotopic (exact) mass is 235 g/mol. The second-order valence-electron chi connectivity index (χ2n) is 4.24. The second kappa shape index (κ2) is 5.77. The number of ether oxygens (including phenoxy) is 2. The molecule has 1 aromatic rings. The third-order valence-electron chi connectivity index (χ3n) is 3.08. The van der Waals surface area contributed by atoms with Gasteiger partial charge in [-0.2, -0.15) is 0 Å². The zero-order valence-electron chi connectivity index (χ0n) is 10.0. The molecule has 1 fully saturated rings. The Morgan fingerprint density at radius 2 is 2.29 bits per heavy atom. The van der Waals surface area contributed by atoms with Crippen LogP contribution in [0.1, 0.15) is 29.6 Å². The summed E-state index contributed by atoms with van der Waals surface area (Å²) >= 11 is 0. The van der Waals surface area contributed by atoms with E-state index in [1.165, 1.54) is 7.11 Å². The van der Waals surface area contributed by atoms with Crippen molar-refractivity contribution in [1.82, 2.24) is 4.98 Å². The van der Waals surface area contributed by atoms with Gasteiger partial charge in [-0.3, -0.25) is 4.79 Å². The maximum atomic E-state index is 12.1. The minimum absolute atomic E-state index is 0.113. The number of rotatable bonds is 4. The van der Waals surface area contributed by atoms with Crippen molar-refractivity contribution < 1.29 is 14.3 Å². The van der Waals surface area contributed by atoms with Gasteiger partial charge in [-0.1, -0.05) is 0 Å². The number of methoxy groups -OCH3 is 1. The van der Waals surface area contributed by atoms with Gasteiger partial charge in [-0.05, 0) is 30.9 Å². The van der Waals surface area contributed by atoms with Crippen molar-refractivity contribution in [3.8, 4) is 5.88 Å². The summed E-state index contributed by atoms with van der Waals surface area (Å²) in [6.07, 6.45) is 4.12. The molecule has 1 aliphatic rings. The SMILES string of the molecule is COc1ncccc1C(=O)CC1CCOCC1. The summed E-state index contributed by atoms with van der Waals surface area (Å²) in [4.78, 5) is 16.2. The predicted molar refractivity (Wildman–Crippen MR) is 63.3 cm³/mol. The van der Waals surface area contributed by atoms with Gasteiger partial charge in [0.15, 0.2) is 5.78 Å². The fourth-order valence-electron chi connectivity index (χ4n) is 2.09. The number of carbonyl (C=O) groups is 1. The Morgan fingerprint density at radius 1 is 1.53 bits per heavy atom. The molecule has 17 heavy (non-hydrogen) atoms. The van der Waals surface area contributed by atoms with Gasteiger partial charge in [-0.15, -0.1) is 0 Å². The lowest BCUT2D eigenvalue weighted by Crippen LogP contribution is -2.19. The lowest BCUT2D eigenvalue weighted by Gasteiger charge is -2.21. The summed E-state index contributed by atoms with van der Waals surface area (Å²) in [6, 6.07) is 3.53. The van der Waals surface area contributed by atoms with E-state index in [-0.39, 0.29) is 5.78 Å². The Labute approximate surface area is 101 Å². The molecule has 2 heterocycles. The highest BCUT2D eigenvalue weighted by molar-refractivity contribution is 5.98. The van der Waals surface area contributed by atoms with Crippen LogP contribution >= 0.6 is 0 Å². The largest absolute Gasteiger partial charge is 0.480 e. The highest BCUT2D eigenvalue weighted by Crippen LogP contribution is 2.23. The molecule has 0 aliphatic carbocycles. The molecule has 1 aromatic heterocycles. The number of carbonyl (C=O) groups excluding carboxylic acids is 1. The van der Waals surface area contributed by atoms with E-state index >= 15 is 0 Å². The third kappa shape index (κ3) is 3.03. The highest BCUT2D eigenvalue weighted by Gasteiger charge is 2.20. The minimum atomic E-state index is 0.113. The molecule has 1 aliphatic heterocycles. The van der Waals surface area contributed by atoms with Crippen LogP contribution in [0.2, 0.25) is 0 Å². The molecular formula is C13H17NO3. The van der Waals surface area contributed by atoms with E-state index in [1.54, 1.807) is 18.3 Å². The van der Waals surface area contributed by atoms with Crippen molar-refractivity contribution in [2.24, 2.45) is 5.92 Å². The third-order valence-corrected chi connectivity index (χ3v) is 3.08. The van der Waals surface area contributed by atoms with E-state index in [2.05, 4.69) is 4.98 Å². The molecule has 92 valence electrons. The van der Waals surface area contributed by atoms with E-state index in [1.807, 2.05) is 0 Å². The van der Waals surface area contributed by atoms with Gasteiger partial charge in [0.05, 0.1) is 12.7 Å². The number of aromatic nitrogens is 1. The molecule has 4 nitrogen and oxygen atoms in total. The van der Waals surface area contributed by atoms with Gasteiger partial charge in [0, 0.05) is 25.8 Å². The van der Waals surface area contributed by atoms with Crippen LogP contribution in [0.15, 0.2) is 18.3 Å². The lowest BCUT2D eigenvalue weighted by molar-refractivity contribution is 0.0600. The predicted octanol–water partition coefficient (Wildman–Crippen LogP) is 2.09.